The Kier molecular flexibility index (Phi) is 5.76. The minimum absolute atomic E-state index is 0.430. The molecule has 1 aromatic rings. The first-order chi connectivity index (χ1) is 9.65. The van der Waals surface area contributed by atoms with Gasteiger partial charge in [-0.15, -0.1) is 12.8 Å². The number of allylic oxidation sites excluding steroid dienone is 1. The highest BCUT2D eigenvalue weighted by Gasteiger charge is 2.08. The molecule has 0 aliphatic rings. The monoisotopic (exact) mass is 264 g/mol. The van der Waals surface area contributed by atoms with E-state index in [1.165, 1.54) is 0 Å². The van der Waals surface area contributed by atoms with Crippen molar-refractivity contribution >= 4 is 11.8 Å². The number of nitriles is 1. The summed E-state index contributed by atoms with van der Waals surface area (Å²) in [5, 5.41) is 8.83. The third-order valence-corrected chi connectivity index (χ3v) is 2.69. The molecule has 0 aliphatic heterocycles. The molecule has 0 unspecified atom stereocenters. The van der Waals surface area contributed by atoms with E-state index in [0.29, 0.717) is 24.4 Å². The number of nitrogens with zero attached hydrogens (tertiary/aromatic N) is 2. The molecule has 0 bridgehead atoms. The molecule has 0 radical (unpaired) electrons. The molecule has 0 heterocycles. The van der Waals surface area contributed by atoms with Crippen LogP contribution in [0.5, 0.6) is 5.75 Å². The van der Waals surface area contributed by atoms with E-state index in [1.807, 2.05) is 23.1 Å². The van der Waals surface area contributed by atoms with Gasteiger partial charge in [0, 0.05) is 22.9 Å². The van der Waals surface area contributed by atoms with E-state index in [0.717, 1.165) is 11.3 Å². The van der Waals surface area contributed by atoms with Crippen LogP contribution in [0.25, 0.3) is 6.08 Å². The van der Waals surface area contributed by atoms with E-state index in [4.69, 9.17) is 22.8 Å². The van der Waals surface area contributed by atoms with Crippen molar-refractivity contribution in [2.24, 2.45) is 0 Å². The van der Waals surface area contributed by atoms with E-state index >= 15 is 0 Å². The fourth-order valence-corrected chi connectivity index (χ4v) is 1.74. The van der Waals surface area contributed by atoms with Gasteiger partial charge in [-0.1, -0.05) is 11.8 Å². The van der Waals surface area contributed by atoms with E-state index in [1.54, 1.807) is 20.1 Å². The van der Waals surface area contributed by atoms with Crippen LogP contribution in [-0.2, 0) is 0 Å². The molecule has 0 saturated carbocycles. The smallest absolute Gasteiger partial charge is 0.128 e. The van der Waals surface area contributed by atoms with Gasteiger partial charge in [-0.25, -0.2) is 0 Å². The van der Waals surface area contributed by atoms with Crippen molar-refractivity contribution in [3.63, 3.8) is 0 Å². The second-order valence-corrected chi connectivity index (χ2v) is 4.13. The molecule has 3 heteroatoms. The lowest BCUT2D eigenvalue weighted by Gasteiger charge is -2.20. The topological polar surface area (TPSA) is 36.3 Å². The van der Waals surface area contributed by atoms with Gasteiger partial charge in [0.05, 0.1) is 26.3 Å². The molecule has 20 heavy (non-hydrogen) atoms. The van der Waals surface area contributed by atoms with Gasteiger partial charge >= 0.3 is 0 Å². The number of terminal acetylenes is 2. The number of hydrogen-bond acceptors (Lipinski definition) is 3. The molecular formula is C17H16N2O. The third kappa shape index (κ3) is 3.84. The Labute approximate surface area is 120 Å². The standard InChI is InChI=1S/C17H16N2O/c1-5-9-19(10-6-2)16-8-7-15(11-14(3)13-18)17(12-16)20-4/h1-2,7-8,11-12H,9-10H2,3-4H3/b14-11-. The minimum Gasteiger partial charge on any atom is -0.496 e. The van der Waals surface area contributed by atoms with Crippen LogP contribution in [-0.4, -0.2) is 20.2 Å². The van der Waals surface area contributed by atoms with Crippen molar-refractivity contribution in [2.75, 3.05) is 25.1 Å². The summed E-state index contributed by atoms with van der Waals surface area (Å²) >= 11 is 0. The van der Waals surface area contributed by atoms with Crippen LogP contribution in [0.15, 0.2) is 23.8 Å². The largest absolute Gasteiger partial charge is 0.496 e. The maximum Gasteiger partial charge on any atom is 0.128 e. The summed E-state index contributed by atoms with van der Waals surface area (Å²) in [5.74, 6) is 5.84. The second kappa shape index (κ2) is 7.57. The molecule has 0 fully saturated rings. The number of rotatable bonds is 5. The van der Waals surface area contributed by atoms with Gasteiger partial charge in [-0.2, -0.15) is 5.26 Å². The number of methoxy groups -OCH3 is 1. The molecule has 0 atom stereocenters. The lowest BCUT2D eigenvalue weighted by atomic mass is 10.1. The highest BCUT2D eigenvalue weighted by Crippen LogP contribution is 2.27. The molecule has 1 rings (SSSR count). The van der Waals surface area contributed by atoms with E-state index in [9.17, 15) is 0 Å². The van der Waals surface area contributed by atoms with Crippen LogP contribution in [0.3, 0.4) is 0 Å². The number of hydrogen-bond donors (Lipinski definition) is 0. The van der Waals surface area contributed by atoms with Gasteiger partial charge in [-0.05, 0) is 25.1 Å². The van der Waals surface area contributed by atoms with Crippen LogP contribution < -0.4 is 9.64 Å². The fraction of sp³-hybridized carbons (Fsp3) is 0.235. The number of ether oxygens (including phenoxy) is 1. The molecule has 0 aromatic heterocycles. The zero-order chi connectivity index (χ0) is 15.0. The first kappa shape index (κ1) is 15.2. The summed E-state index contributed by atoms with van der Waals surface area (Å²) in [5.41, 5.74) is 2.35. The minimum atomic E-state index is 0.430. The summed E-state index contributed by atoms with van der Waals surface area (Å²) < 4.78 is 5.35. The predicted octanol–water partition coefficient (Wildman–Crippen LogP) is 2.69. The van der Waals surface area contributed by atoms with Crippen LogP contribution in [0, 0.1) is 36.0 Å². The van der Waals surface area contributed by atoms with Gasteiger partial charge in [0.15, 0.2) is 0 Å². The van der Waals surface area contributed by atoms with Crippen LogP contribution in [0.1, 0.15) is 12.5 Å². The van der Waals surface area contributed by atoms with Crippen LogP contribution in [0.4, 0.5) is 5.69 Å². The lowest BCUT2D eigenvalue weighted by molar-refractivity contribution is 0.414. The van der Waals surface area contributed by atoms with E-state index in [-0.39, 0.29) is 0 Å². The Bertz CT molecular complexity index is 608. The predicted molar refractivity (Wildman–Crippen MR) is 82.1 cm³/mol. The molecule has 1 aromatic carbocycles. The number of anilines is 1. The lowest BCUT2D eigenvalue weighted by Crippen LogP contribution is -2.23. The van der Waals surface area contributed by atoms with Crippen LogP contribution in [0.2, 0.25) is 0 Å². The highest BCUT2D eigenvalue weighted by molar-refractivity contribution is 5.66. The molecule has 0 amide bonds. The fourth-order valence-electron chi connectivity index (χ4n) is 1.74. The van der Waals surface area contributed by atoms with Crippen LogP contribution >= 0.6 is 0 Å². The van der Waals surface area contributed by atoms with Crippen molar-refractivity contribution < 1.29 is 4.74 Å². The van der Waals surface area contributed by atoms with Crippen molar-refractivity contribution in [2.45, 2.75) is 6.92 Å². The first-order valence-corrected chi connectivity index (χ1v) is 6.04. The molecule has 0 spiro atoms. The van der Waals surface area contributed by atoms with Gasteiger partial charge in [-0.3, -0.25) is 0 Å². The molecule has 0 saturated heterocycles. The Balaban J connectivity index is 3.19. The first-order valence-electron chi connectivity index (χ1n) is 6.04. The van der Waals surface area contributed by atoms with Gasteiger partial charge < -0.3 is 9.64 Å². The summed E-state index contributed by atoms with van der Waals surface area (Å²) in [6, 6.07) is 7.75. The Morgan fingerprint density at radius 1 is 1.35 bits per heavy atom. The van der Waals surface area contributed by atoms with Gasteiger partial charge in [0.2, 0.25) is 0 Å². The molecule has 0 aliphatic carbocycles. The average molecular weight is 264 g/mol. The quantitative estimate of drug-likeness (QED) is 0.606. The molecule has 3 nitrogen and oxygen atoms in total. The maximum atomic E-state index is 8.83. The van der Waals surface area contributed by atoms with Crippen molar-refractivity contribution in [1.82, 2.24) is 0 Å². The normalized spacial score (nSPS) is 10.1. The molecule has 100 valence electrons. The van der Waals surface area contributed by atoms with E-state index < -0.39 is 0 Å². The molecule has 0 N–H and O–H groups in total. The van der Waals surface area contributed by atoms with E-state index in [2.05, 4.69) is 17.9 Å². The van der Waals surface area contributed by atoms with Crippen molar-refractivity contribution in [3.8, 4) is 36.5 Å². The second-order valence-electron chi connectivity index (χ2n) is 4.13. The maximum absolute atomic E-state index is 8.83. The summed E-state index contributed by atoms with van der Waals surface area (Å²) in [7, 11) is 1.59. The summed E-state index contributed by atoms with van der Waals surface area (Å²) in [6.07, 6.45) is 12.5. The summed E-state index contributed by atoms with van der Waals surface area (Å²) in [4.78, 5) is 1.90. The SMILES string of the molecule is C#CCN(CC#C)c1ccc(/C=C(/C)C#N)c(OC)c1. The Morgan fingerprint density at radius 2 is 2.00 bits per heavy atom. The van der Waals surface area contributed by atoms with Crippen molar-refractivity contribution in [3.05, 3.63) is 29.3 Å². The number of benzene rings is 1. The Hall–Kier alpha value is -2.83. The highest BCUT2D eigenvalue weighted by atomic mass is 16.5. The van der Waals surface area contributed by atoms with Crippen molar-refractivity contribution in [1.29, 1.82) is 5.26 Å². The Morgan fingerprint density at radius 3 is 2.50 bits per heavy atom. The third-order valence-electron chi connectivity index (χ3n) is 2.69. The van der Waals surface area contributed by atoms with Gasteiger partial charge in [0.1, 0.15) is 5.75 Å². The summed E-state index contributed by atoms with van der Waals surface area (Å²) in [6.45, 7) is 2.61. The zero-order valence-electron chi connectivity index (χ0n) is 11.7. The van der Waals surface area contributed by atoms with Gasteiger partial charge in [0.25, 0.3) is 0 Å². The average Bonchev–Trinajstić information content (AvgIpc) is 2.47. The zero-order valence-corrected chi connectivity index (χ0v) is 11.7. The molecular weight excluding hydrogens is 248 g/mol.